The molecule has 0 saturated carbocycles. The third-order valence-electron chi connectivity index (χ3n) is 2.32. The van der Waals surface area contributed by atoms with E-state index in [2.05, 4.69) is 43.8 Å². The van der Waals surface area contributed by atoms with Crippen molar-refractivity contribution in [1.82, 2.24) is 0 Å². The normalized spacial score (nSPS) is 10.3. The Labute approximate surface area is 122 Å². The van der Waals surface area contributed by atoms with Gasteiger partial charge in [0.2, 0.25) is 0 Å². The molecule has 0 aliphatic heterocycles. The van der Waals surface area contributed by atoms with Crippen molar-refractivity contribution < 1.29 is 4.39 Å². The van der Waals surface area contributed by atoms with Crippen LogP contribution in [-0.2, 0) is 6.54 Å². The molecule has 0 saturated heterocycles. The first-order chi connectivity index (χ1) is 8.15. The molecule has 0 aliphatic carbocycles. The molecule has 0 spiro atoms. The Morgan fingerprint density at radius 2 is 2.00 bits per heavy atom. The van der Waals surface area contributed by atoms with Crippen LogP contribution < -0.4 is 5.32 Å². The van der Waals surface area contributed by atoms with Gasteiger partial charge in [-0.05, 0) is 64.6 Å². The molecule has 0 heterocycles. The van der Waals surface area contributed by atoms with Gasteiger partial charge in [0.15, 0.2) is 0 Å². The van der Waals surface area contributed by atoms with E-state index < -0.39 is 0 Å². The Kier molecular flexibility index (Phi) is 4.39. The zero-order valence-corrected chi connectivity index (χ0v) is 12.6. The number of hydrogen-bond donors (Lipinski definition) is 1. The summed E-state index contributed by atoms with van der Waals surface area (Å²) in [5.41, 5.74) is 1.94. The lowest BCUT2D eigenvalue weighted by atomic mass is 10.2. The monoisotopic (exact) mass is 405 g/mol. The van der Waals surface area contributed by atoms with E-state index in [0.29, 0.717) is 6.54 Å². The maximum atomic E-state index is 13.1. The molecule has 0 bridgehead atoms. The van der Waals surface area contributed by atoms with Crippen LogP contribution in [0.4, 0.5) is 10.1 Å². The summed E-state index contributed by atoms with van der Waals surface area (Å²) in [7, 11) is 0. The Hall–Kier alpha value is -0.620. The van der Waals surface area contributed by atoms with E-state index in [1.165, 1.54) is 15.7 Å². The van der Waals surface area contributed by atoms with Crippen molar-refractivity contribution in [2.45, 2.75) is 6.54 Å². The van der Waals surface area contributed by atoms with Crippen LogP contribution in [0.5, 0.6) is 0 Å². The van der Waals surface area contributed by atoms with Gasteiger partial charge < -0.3 is 5.32 Å². The Morgan fingerprint density at radius 3 is 2.76 bits per heavy atom. The fourth-order valence-electron chi connectivity index (χ4n) is 1.47. The van der Waals surface area contributed by atoms with Gasteiger partial charge >= 0.3 is 0 Å². The van der Waals surface area contributed by atoms with E-state index in [1.807, 2.05) is 24.3 Å². The largest absolute Gasteiger partial charge is 0.381 e. The van der Waals surface area contributed by atoms with Crippen LogP contribution in [-0.4, -0.2) is 0 Å². The highest BCUT2D eigenvalue weighted by Gasteiger charge is 2.01. The van der Waals surface area contributed by atoms with Crippen LogP contribution >= 0.6 is 38.5 Å². The number of nitrogens with one attached hydrogen (secondary N) is 1. The fourth-order valence-corrected chi connectivity index (χ4v) is 2.40. The van der Waals surface area contributed by atoms with Gasteiger partial charge in [-0.15, -0.1) is 0 Å². The predicted octanol–water partition coefficient (Wildman–Crippen LogP) is 4.80. The van der Waals surface area contributed by atoms with E-state index >= 15 is 0 Å². The second kappa shape index (κ2) is 5.82. The first-order valence-corrected chi connectivity index (χ1v) is 6.96. The molecule has 88 valence electrons. The van der Waals surface area contributed by atoms with Crippen LogP contribution in [0.2, 0.25) is 0 Å². The molecule has 0 amide bonds. The summed E-state index contributed by atoms with van der Waals surface area (Å²) in [6.07, 6.45) is 0. The lowest BCUT2D eigenvalue weighted by Crippen LogP contribution is -2.00. The minimum atomic E-state index is -0.215. The predicted molar refractivity (Wildman–Crippen MR) is 80.6 cm³/mol. The summed E-state index contributed by atoms with van der Waals surface area (Å²) in [6, 6.07) is 12.8. The minimum absolute atomic E-state index is 0.215. The lowest BCUT2D eigenvalue weighted by Gasteiger charge is -2.08. The number of benzene rings is 2. The second-order valence-corrected chi connectivity index (χ2v) is 5.70. The maximum Gasteiger partial charge on any atom is 0.123 e. The smallest absolute Gasteiger partial charge is 0.123 e. The summed E-state index contributed by atoms with van der Waals surface area (Å²) < 4.78 is 15.2. The van der Waals surface area contributed by atoms with Crippen LogP contribution in [0.25, 0.3) is 0 Å². The standard InChI is InChI=1S/C13H10BrFIN/c14-13-5-4-10(15)6-9(13)8-17-12-3-1-2-11(16)7-12/h1-7,17H,8H2. The van der Waals surface area contributed by atoms with E-state index in [0.717, 1.165) is 15.7 Å². The molecular formula is C13H10BrFIN. The van der Waals surface area contributed by atoms with Crippen molar-refractivity contribution >= 4 is 44.2 Å². The molecule has 0 fully saturated rings. The third kappa shape index (κ3) is 3.67. The van der Waals surface area contributed by atoms with Crippen molar-refractivity contribution in [3.63, 3.8) is 0 Å². The highest BCUT2D eigenvalue weighted by Crippen LogP contribution is 2.20. The average Bonchev–Trinajstić information content (AvgIpc) is 2.30. The van der Waals surface area contributed by atoms with Gasteiger partial charge in [-0.2, -0.15) is 0 Å². The molecule has 2 aromatic carbocycles. The number of anilines is 1. The fraction of sp³-hybridized carbons (Fsp3) is 0.0769. The highest BCUT2D eigenvalue weighted by molar-refractivity contribution is 14.1. The zero-order chi connectivity index (χ0) is 12.3. The Bertz CT molecular complexity index is 531. The number of hydrogen-bond acceptors (Lipinski definition) is 1. The zero-order valence-electron chi connectivity index (χ0n) is 8.88. The van der Waals surface area contributed by atoms with Gasteiger partial charge in [0.1, 0.15) is 5.82 Å². The quantitative estimate of drug-likeness (QED) is 0.723. The van der Waals surface area contributed by atoms with Gasteiger partial charge in [-0.3, -0.25) is 0 Å². The van der Waals surface area contributed by atoms with Crippen molar-refractivity contribution in [2.75, 3.05) is 5.32 Å². The van der Waals surface area contributed by atoms with Crippen molar-refractivity contribution in [1.29, 1.82) is 0 Å². The summed E-state index contributed by atoms with van der Waals surface area (Å²) in [5, 5.41) is 3.27. The molecule has 2 rings (SSSR count). The molecule has 1 N–H and O–H groups in total. The summed E-state index contributed by atoms with van der Waals surface area (Å²) in [4.78, 5) is 0. The van der Waals surface area contributed by atoms with E-state index in [-0.39, 0.29) is 5.82 Å². The highest BCUT2D eigenvalue weighted by atomic mass is 127. The van der Waals surface area contributed by atoms with Crippen molar-refractivity contribution in [3.8, 4) is 0 Å². The van der Waals surface area contributed by atoms with Crippen LogP contribution in [0.1, 0.15) is 5.56 Å². The van der Waals surface area contributed by atoms with E-state index in [1.54, 1.807) is 6.07 Å². The van der Waals surface area contributed by atoms with Crippen LogP contribution in [0.15, 0.2) is 46.9 Å². The average molecular weight is 406 g/mol. The Morgan fingerprint density at radius 1 is 1.18 bits per heavy atom. The summed E-state index contributed by atoms with van der Waals surface area (Å²) >= 11 is 5.67. The van der Waals surface area contributed by atoms with E-state index in [9.17, 15) is 4.39 Å². The summed E-state index contributed by atoms with van der Waals surface area (Å²) in [6.45, 7) is 0.596. The first-order valence-electron chi connectivity index (χ1n) is 5.08. The third-order valence-corrected chi connectivity index (χ3v) is 3.76. The van der Waals surface area contributed by atoms with E-state index in [4.69, 9.17) is 0 Å². The van der Waals surface area contributed by atoms with Gasteiger partial charge in [0.25, 0.3) is 0 Å². The first kappa shape index (κ1) is 12.8. The maximum absolute atomic E-state index is 13.1. The molecule has 0 unspecified atom stereocenters. The molecule has 17 heavy (non-hydrogen) atoms. The molecule has 0 aliphatic rings. The van der Waals surface area contributed by atoms with Gasteiger partial charge in [-0.1, -0.05) is 22.0 Å². The molecule has 0 radical (unpaired) electrons. The molecule has 0 aromatic heterocycles. The van der Waals surface area contributed by atoms with Crippen LogP contribution in [0.3, 0.4) is 0 Å². The topological polar surface area (TPSA) is 12.0 Å². The molecule has 4 heteroatoms. The number of rotatable bonds is 3. The minimum Gasteiger partial charge on any atom is -0.381 e. The Balaban J connectivity index is 2.09. The molecule has 1 nitrogen and oxygen atoms in total. The SMILES string of the molecule is Fc1ccc(Br)c(CNc2cccc(I)c2)c1. The molecular weight excluding hydrogens is 396 g/mol. The van der Waals surface area contributed by atoms with Crippen molar-refractivity contribution in [2.24, 2.45) is 0 Å². The molecule has 2 aromatic rings. The van der Waals surface area contributed by atoms with Gasteiger partial charge in [0, 0.05) is 20.3 Å². The second-order valence-electron chi connectivity index (χ2n) is 3.60. The van der Waals surface area contributed by atoms with Crippen molar-refractivity contribution in [3.05, 3.63) is 61.9 Å². The van der Waals surface area contributed by atoms with Gasteiger partial charge in [0.05, 0.1) is 0 Å². The van der Waals surface area contributed by atoms with Crippen LogP contribution in [0, 0.1) is 9.39 Å². The number of halogens is 3. The van der Waals surface area contributed by atoms with Gasteiger partial charge in [-0.25, -0.2) is 4.39 Å². The molecule has 0 atom stereocenters. The lowest BCUT2D eigenvalue weighted by molar-refractivity contribution is 0.625. The summed E-state index contributed by atoms with van der Waals surface area (Å²) in [5.74, 6) is -0.215.